The van der Waals surface area contributed by atoms with Crippen LogP contribution in [0.5, 0.6) is 0 Å². The van der Waals surface area contributed by atoms with Gasteiger partial charge in [0, 0.05) is 17.0 Å². The van der Waals surface area contributed by atoms with Crippen molar-refractivity contribution in [1.82, 2.24) is 5.32 Å². The molecule has 1 fully saturated rings. The van der Waals surface area contributed by atoms with E-state index in [0.717, 1.165) is 44.1 Å². The summed E-state index contributed by atoms with van der Waals surface area (Å²) in [5.41, 5.74) is 0.821. The molecule has 0 aliphatic heterocycles. The van der Waals surface area contributed by atoms with Crippen molar-refractivity contribution in [2.75, 3.05) is 6.61 Å². The Hall–Kier alpha value is -0.830. The standard InChI is InChI=1S/C13H21NO2/c1-13(9-15)8-4-7-11(13)14-12(16)10-5-2-3-6-10/h5,11,15H,2-4,6-9H2,1H3,(H,14,16). The molecule has 0 aromatic rings. The summed E-state index contributed by atoms with van der Waals surface area (Å²) in [7, 11) is 0. The van der Waals surface area contributed by atoms with Crippen molar-refractivity contribution in [3.8, 4) is 0 Å². The number of rotatable bonds is 3. The highest BCUT2D eigenvalue weighted by atomic mass is 16.3. The van der Waals surface area contributed by atoms with Crippen LogP contribution in [0.25, 0.3) is 0 Å². The van der Waals surface area contributed by atoms with Crippen LogP contribution in [0.3, 0.4) is 0 Å². The van der Waals surface area contributed by atoms with E-state index in [2.05, 4.69) is 12.2 Å². The number of allylic oxidation sites excluding steroid dienone is 1. The highest BCUT2D eigenvalue weighted by molar-refractivity contribution is 5.94. The minimum absolute atomic E-state index is 0.0871. The lowest BCUT2D eigenvalue weighted by Gasteiger charge is -2.30. The molecule has 16 heavy (non-hydrogen) atoms. The fraction of sp³-hybridized carbons (Fsp3) is 0.769. The van der Waals surface area contributed by atoms with Gasteiger partial charge in [-0.15, -0.1) is 0 Å². The number of aliphatic hydroxyl groups is 1. The smallest absolute Gasteiger partial charge is 0.247 e. The van der Waals surface area contributed by atoms with E-state index in [0.29, 0.717) is 0 Å². The van der Waals surface area contributed by atoms with Crippen LogP contribution < -0.4 is 5.32 Å². The first-order valence-corrected chi connectivity index (χ1v) is 6.26. The van der Waals surface area contributed by atoms with Gasteiger partial charge in [-0.05, 0) is 32.1 Å². The molecule has 1 saturated carbocycles. The Morgan fingerprint density at radius 1 is 1.62 bits per heavy atom. The summed E-state index contributed by atoms with van der Waals surface area (Å²) in [5.74, 6) is 0.0871. The number of nitrogens with one attached hydrogen (secondary N) is 1. The van der Waals surface area contributed by atoms with Crippen molar-refractivity contribution in [3.63, 3.8) is 0 Å². The third kappa shape index (κ3) is 2.14. The first-order chi connectivity index (χ1) is 7.65. The number of hydrogen-bond donors (Lipinski definition) is 2. The highest BCUT2D eigenvalue weighted by Gasteiger charge is 2.39. The minimum Gasteiger partial charge on any atom is -0.396 e. The maximum absolute atomic E-state index is 11.9. The van der Waals surface area contributed by atoms with E-state index in [1.807, 2.05) is 6.08 Å². The second-order valence-corrected chi connectivity index (χ2v) is 5.35. The molecule has 0 radical (unpaired) electrons. The summed E-state index contributed by atoms with van der Waals surface area (Å²) in [4.78, 5) is 11.9. The number of carbonyl (C=O) groups excluding carboxylic acids is 1. The Bertz CT molecular complexity index is 311. The van der Waals surface area contributed by atoms with E-state index in [4.69, 9.17) is 0 Å². The van der Waals surface area contributed by atoms with Gasteiger partial charge in [-0.3, -0.25) is 4.79 Å². The van der Waals surface area contributed by atoms with Gasteiger partial charge in [-0.1, -0.05) is 19.4 Å². The fourth-order valence-electron chi connectivity index (χ4n) is 2.80. The van der Waals surface area contributed by atoms with Crippen LogP contribution in [0.15, 0.2) is 11.6 Å². The molecule has 1 amide bonds. The van der Waals surface area contributed by atoms with Crippen molar-refractivity contribution in [2.45, 2.75) is 51.5 Å². The molecule has 0 bridgehead atoms. The molecular weight excluding hydrogens is 202 g/mol. The molecule has 3 nitrogen and oxygen atoms in total. The van der Waals surface area contributed by atoms with Crippen molar-refractivity contribution in [3.05, 3.63) is 11.6 Å². The predicted molar refractivity (Wildman–Crippen MR) is 62.9 cm³/mol. The number of aliphatic hydroxyl groups excluding tert-OH is 1. The molecule has 2 N–H and O–H groups in total. The van der Waals surface area contributed by atoms with Crippen LogP contribution in [0, 0.1) is 5.41 Å². The van der Waals surface area contributed by atoms with E-state index >= 15 is 0 Å². The summed E-state index contributed by atoms with van der Waals surface area (Å²) >= 11 is 0. The van der Waals surface area contributed by atoms with E-state index in [9.17, 15) is 9.90 Å². The van der Waals surface area contributed by atoms with E-state index < -0.39 is 0 Å². The average molecular weight is 223 g/mol. The molecule has 0 aromatic heterocycles. The number of hydrogen-bond acceptors (Lipinski definition) is 2. The van der Waals surface area contributed by atoms with Crippen molar-refractivity contribution in [1.29, 1.82) is 0 Å². The summed E-state index contributed by atoms with van der Waals surface area (Å²) in [6.07, 6.45) is 8.19. The molecule has 2 atom stereocenters. The van der Waals surface area contributed by atoms with Crippen LogP contribution in [-0.2, 0) is 4.79 Å². The van der Waals surface area contributed by atoms with Gasteiger partial charge in [0.15, 0.2) is 0 Å². The van der Waals surface area contributed by atoms with E-state index in [1.54, 1.807) is 0 Å². The lowest BCUT2D eigenvalue weighted by atomic mass is 9.85. The highest BCUT2D eigenvalue weighted by Crippen LogP contribution is 2.37. The largest absolute Gasteiger partial charge is 0.396 e. The van der Waals surface area contributed by atoms with E-state index in [-0.39, 0.29) is 24.0 Å². The average Bonchev–Trinajstić information content (AvgIpc) is 2.89. The Morgan fingerprint density at radius 2 is 2.44 bits per heavy atom. The Balaban J connectivity index is 1.96. The zero-order valence-electron chi connectivity index (χ0n) is 9.96. The van der Waals surface area contributed by atoms with E-state index in [1.165, 1.54) is 0 Å². The lowest BCUT2D eigenvalue weighted by molar-refractivity contribution is -0.119. The minimum atomic E-state index is -0.116. The topological polar surface area (TPSA) is 49.3 Å². The zero-order valence-corrected chi connectivity index (χ0v) is 9.96. The van der Waals surface area contributed by atoms with Gasteiger partial charge in [0.25, 0.3) is 0 Å². The van der Waals surface area contributed by atoms with Gasteiger partial charge in [0.05, 0.1) is 6.61 Å². The quantitative estimate of drug-likeness (QED) is 0.766. The maximum Gasteiger partial charge on any atom is 0.247 e. The molecule has 2 aliphatic rings. The SMILES string of the molecule is CC1(CO)CCCC1NC(=O)C1=CCCC1. The predicted octanol–water partition coefficient (Wildman–Crippen LogP) is 1.76. The van der Waals surface area contributed by atoms with Crippen LogP contribution >= 0.6 is 0 Å². The maximum atomic E-state index is 11.9. The molecule has 90 valence electrons. The van der Waals surface area contributed by atoms with Crippen LogP contribution in [-0.4, -0.2) is 23.7 Å². The van der Waals surface area contributed by atoms with Gasteiger partial charge in [-0.2, -0.15) is 0 Å². The molecule has 0 spiro atoms. The molecule has 0 saturated heterocycles. The van der Waals surface area contributed by atoms with Crippen LogP contribution in [0.2, 0.25) is 0 Å². The Morgan fingerprint density at radius 3 is 3.06 bits per heavy atom. The van der Waals surface area contributed by atoms with Gasteiger partial charge in [-0.25, -0.2) is 0 Å². The van der Waals surface area contributed by atoms with Crippen LogP contribution in [0.4, 0.5) is 0 Å². The molecule has 0 aromatic carbocycles. The first kappa shape index (κ1) is 11.6. The fourth-order valence-corrected chi connectivity index (χ4v) is 2.80. The third-order valence-electron chi connectivity index (χ3n) is 4.08. The van der Waals surface area contributed by atoms with Gasteiger partial charge < -0.3 is 10.4 Å². The third-order valence-corrected chi connectivity index (χ3v) is 4.08. The summed E-state index contributed by atoms with van der Waals surface area (Å²) in [6.45, 7) is 2.23. The molecule has 0 heterocycles. The number of amides is 1. The van der Waals surface area contributed by atoms with Crippen molar-refractivity contribution in [2.24, 2.45) is 5.41 Å². The monoisotopic (exact) mass is 223 g/mol. The van der Waals surface area contributed by atoms with Crippen LogP contribution in [0.1, 0.15) is 45.4 Å². The second-order valence-electron chi connectivity index (χ2n) is 5.35. The molecule has 2 aliphatic carbocycles. The molecule has 2 unspecified atom stereocenters. The summed E-state index contributed by atoms with van der Waals surface area (Å²) in [5, 5.41) is 12.5. The Kier molecular flexibility index (Phi) is 3.33. The molecule has 3 heteroatoms. The zero-order chi connectivity index (χ0) is 11.6. The summed E-state index contributed by atoms with van der Waals surface area (Å²) in [6, 6.07) is 0.145. The van der Waals surface area contributed by atoms with Gasteiger partial charge in [0.2, 0.25) is 5.91 Å². The first-order valence-electron chi connectivity index (χ1n) is 6.26. The van der Waals surface area contributed by atoms with Gasteiger partial charge >= 0.3 is 0 Å². The van der Waals surface area contributed by atoms with Crippen molar-refractivity contribution >= 4 is 5.91 Å². The Labute approximate surface area is 96.9 Å². The lowest BCUT2D eigenvalue weighted by Crippen LogP contribution is -2.45. The number of carbonyl (C=O) groups is 1. The summed E-state index contributed by atoms with van der Waals surface area (Å²) < 4.78 is 0. The molecule has 2 rings (SSSR count). The molecular formula is C13H21NO2. The van der Waals surface area contributed by atoms with Gasteiger partial charge in [0.1, 0.15) is 0 Å². The normalized spacial score (nSPS) is 33.9. The van der Waals surface area contributed by atoms with Crippen molar-refractivity contribution < 1.29 is 9.90 Å². The second kappa shape index (κ2) is 4.58.